The lowest BCUT2D eigenvalue weighted by atomic mass is 10.2. The van der Waals surface area contributed by atoms with Crippen LogP contribution in [0.2, 0.25) is 0 Å². The van der Waals surface area contributed by atoms with Crippen LogP contribution in [-0.2, 0) is 24.3 Å². The quantitative estimate of drug-likeness (QED) is 0.653. The Morgan fingerprint density at radius 2 is 1.82 bits per heavy atom. The number of amides is 1. The average Bonchev–Trinajstić information content (AvgIpc) is 2.61. The van der Waals surface area contributed by atoms with Gasteiger partial charge in [0, 0.05) is 6.54 Å². The lowest BCUT2D eigenvalue weighted by Crippen LogP contribution is -2.28. The van der Waals surface area contributed by atoms with E-state index in [1.807, 2.05) is 6.92 Å². The van der Waals surface area contributed by atoms with Crippen molar-refractivity contribution in [1.29, 1.82) is 0 Å². The summed E-state index contributed by atoms with van der Waals surface area (Å²) in [5.74, 6) is -2.07. The van der Waals surface area contributed by atoms with Gasteiger partial charge < -0.3 is 10.1 Å². The Morgan fingerprint density at radius 3 is 2.50 bits per heavy atom. The highest BCUT2D eigenvalue weighted by Gasteiger charge is 2.17. The lowest BCUT2D eigenvalue weighted by molar-refractivity contribution is -0.147. The monoisotopic (exact) mass is 408 g/mol. The van der Waals surface area contributed by atoms with Crippen LogP contribution in [0.1, 0.15) is 17.5 Å². The zero-order chi connectivity index (χ0) is 20.7. The number of hydrogen-bond acceptors (Lipinski definition) is 5. The van der Waals surface area contributed by atoms with Crippen LogP contribution in [0.5, 0.6) is 0 Å². The number of esters is 1. The number of carbonyl (C=O) groups is 2. The Bertz CT molecular complexity index is 976. The molecule has 0 saturated heterocycles. The molecule has 150 valence electrons. The van der Waals surface area contributed by atoms with Gasteiger partial charge in [0.2, 0.25) is 10.0 Å². The molecule has 0 spiro atoms. The molecule has 0 aliphatic carbocycles. The smallest absolute Gasteiger partial charge is 0.307 e. The van der Waals surface area contributed by atoms with Gasteiger partial charge in [0.15, 0.2) is 6.61 Å². The molecule has 2 rings (SSSR count). The van der Waals surface area contributed by atoms with Crippen molar-refractivity contribution in [3.8, 4) is 0 Å². The highest BCUT2D eigenvalue weighted by molar-refractivity contribution is 7.89. The van der Waals surface area contributed by atoms with Crippen LogP contribution in [0.3, 0.4) is 0 Å². The topological polar surface area (TPSA) is 102 Å². The number of rotatable bonds is 8. The molecule has 0 aromatic heterocycles. The number of nitrogens with one attached hydrogen (secondary N) is 2. The first-order valence-electron chi connectivity index (χ1n) is 8.46. The summed E-state index contributed by atoms with van der Waals surface area (Å²) in [6, 6.07) is 10.5. The molecule has 28 heavy (non-hydrogen) atoms. The van der Waals surface area contributed by atoms with Crippen LogP contribution in [-0.4, -0.2) is 33.4 Å². The van der Waals surface area contributed by atoms with Crippen molar-refractivity contribution in [1.82, 2.24) is 4.72 Å². The van der Waals surface area contributed by atoms with Crippen LogP contribution in [0.15, 0.2) is 47.4 Å². The van der Waals surface area contributed by atoms with Gasteiger partial charge in [-0.3, -0.25) is 9.59 Å². The van der Waals surface area contributed by atoms with Gasteiger partial charge in [0.05, 0.1) is 17.0 Å². The molecule has 0 aliphatic heterocycles. The van der Waals surface area contributed by atoms with E-state index in [9.17, 15) is 22.4 Å². The summed E-state index contributed by atoms with van der Waals surface area (Å²) >= 11 is 0. The third kappa shape index (κ3) is 6.14. The summed E-state index contributed by atoms with van der Waals surface area (Å²) in [7, 11) is -3.76. The number of halogens is 1. The molecule has 0 aliphatic rings. The molecule has 0 saturated carbocycles. The number of ether oxygens (including phenoxy) is 1. The number of aryl methyl sites for hydroxylation is 2. The normalized spacial score (nSPS) is 11.1. The molecular formula is C19H21FN2O5S. The standard InChI is InChI=1S/C19H21FN2O5S/c1-13-7-8-17(14(2)11-13)28(25,26)21-10-9-19(24)27-12-18(23)22-16-6-4-3-5-15(16)20/h3-8,11,21H,9-10,12H2,1-2H3,(H,22,23). The van der Waals surface area contributed by atoms with Crippen molar-refractivity contribution in [2.75, 3.05) is 18.5 Å². The van der Waals surface area contributed by atoms with Gasteiger partial charge in [-0.15, -0.1) is 0 Å². The first kappa shape index (κ1) is 21.5. The average molecular weight is 408 g/mol. The predicted molar refractivity (Wildman–Crippen MR) is 102 cm³/mol. The van der Waals surface area contributed by atoms with Gasteiger partial charge in [-0.25, -0.2) is 17.5 Å². The first-order chi connectivity index (χ1) is 13.2. The van der Waals surface area contributed by atoms with Crippen molar-refractivity contribution < 1.29 is 27.1 Å². The molecule has 0 atom stereocenters. The highest BCUT2D eigenvalue weighted by Crippen LogP contribution is 2.16. The van der Waals surface area contributed by atoms with E-state index in [0.717, 1.165) is 5.56 Å². The molecule has 2 aromatic carbocycles. The van der Waals surface area contributed by atoms with E-state index in [-0.39, 0.29) is 23.5 Å². The number of sulfonamides is 1. The molecular weight excluding hydrogens is 387 g/mol. The third-order valence-corrected chi connectivity index (χ3v) is 5.37. The van der Waals surface area contributed by atoms with Crippen LogP contribution >= 0.6 is 0 Å². The third-order valence-electron chi connectivity index (χ3n) is 3.75. The van der Waals surface area contributed by atoms with Gasteiger partial charge in [0.25, 0.3) is 5.91 Å². The molecule has 2 aromatic rings. The molecule has 1 amide bonds. The summed E-state index contributed by atoms with van der Waals surface area (Å²) in [5.41, 5.74) is 1.51. The van der Waals surface area contributed by atoms with Crippen LogP contribution in [0, 0.1) is 19.7 Å². The van der Waals surface area contributed by atoms with Crippen LogP contribution in [0.4, 0.5) is 10.1 Å². The van der Waals surface area contributed by atoms with Gasteiger partial charge in [-0.05, 0) is 37.6 Å². The largest absolute Gasteiger partial charge is 0.456 e. The van der Waals surface area contributed by atoms with Gasteiger partial charge in [0.1, 0.15) is 5.82 Å². The summed E-state index contributed by atoms with van der Waals surface area (Å²) in [5, 5.41) is 2.28. The Labute approximate surface area is 163 Å². The zero-order valence-electron chi connectivity index (χ0n) is 15.5. The molecule has 0 fully saturated rings. The van der Waals surface area contributed by atoms with E-state index in [4.69, 9.17) is 4.74 Å². The molecule has 2 N–H and O–H groups in total. The maximum Gasteiger partial charge on any atom is 0.307 e. The van der Waals surface area contributed by atoms with Crippen molar-refractivity contribution >= 4 is 27.6 Å². The summed E-state index contributed by atoms with van der Waals surface area (Å²) in [6.45, 7) is 2.76. The van der Waals surface area contributed by atoms with Crippen LogP contribution in [0.25, 0.3) is 0 Å². The molecule has 9 heteroatoms. The van der Waals surface area contributed by atoms with E-state index >= 15 is 0 Å². The van der Waals surface area contributed by atoms with Crippen molar-refractivity contribution in [2.24, 2.45) is 0 Å². The van der Waals surface area contributed by atoms with E-state index in [1.54, 1.807) is 25.1 Å². The maximum atomic E-state index is 13.4. The summed E-state index contributed by atoms with van der Waals surface area (Å²) < 4.78 is 45.1. The molecule has 0 unspecified atom stereocenters. The maximum absolute atomic E-state index is 13.4. The lowest BCUT2D eigenvalue weighted by Gasteiger charge is -2.10. The van der Waals surface area contributed by atoms with E-state index in [0.29, 0.717) is 5.56 Å². The second-order valence-corrected chi connectivity index (χ2v) is 7.84. The minimum atomic E-state index is -3.76. The predicted octanol–water partition coefficient (Wildman–Crippen LogP) is 2.29. The number of anilines is 1. The zero-order valence-corrected chi connectivity index (χ0v) is 16.3. The summed E-state index contributed by atoms with van der Waals surface area (Å²) in [4.78, 5) is 23.5. The van der Waals surface area contributed by atoms with Crippen molar-refractivity contribution in [2.45, 2.75) is 25.2 Å². The molecule has 7 nitrogen and oxygen atoms in total. The molecule has 0 bridgehead atoms. The number of carbonyl (C=O) groups excluding carboxylic acids is 2. The van der Waals surface area contributed by atoms with E-state index in [1.165, 1.54) is 24.3 Å². The highest BCUT2D eigenvalue weighted by atomic mass is 32.2. The van der Waals surface area contributed by atoms with Gasteiger partial charge in [-0.1, -0.05) is 29.8 Å². The second-order valence-electron chi connectivity index (χ2n) is 6.11. The van der Waals surface area contributed by atoms with Crippen molar-refractivity contribution in [3.05, 3.63) is 59.4 Å². The molecule has 0 heterocycles. The minimum Gasteiger partial charge on any atom is -0.456 e. The Balaban J connectivity index is 1.78. The Morgan fingerprint density at radius 1 is 1.11 bits per heavy atom. The summed E-state index contributed by atoms with van der Waals surface area (Å²) in [6.07, 6.45) is -0.253. The number of benzene rings is 2. The van der Waals surface area contributed by atoms with E-state index in [2.05, 4.69) is 10.0 Å². The second kappa shape index (κ2) is 9.43. The number of para-hydroxylation sites is 1. The first-order valence-corrected chi connectivity index (χ1v) is 9.94. The SMILES string of the molecule is Cc1ccc(S(=O)(=O)NCCC(=O)OCC(=O)Nc2ccccc2F)c(C)c1. The van der Waals surface area contributed by atoms with Crippen molar-refractivity contribution in [3.63, 3.8) is 0 Å². The number of hydrogen-bond donors (Lipinski definition) is 2. The fourth-order valence-corrected chi connectivity index (χ4v) is 3.69. The van der Waals surface area contributed by atoms with Gasteiger partial charge in [-0.2, -0.15) is 0 Å². The fraction of sp³-hybridized carbons (Fsp3) is 0.263. The minimum absolute atomic E-state index is 0.0234. The Kier molecular flexibility index (Phi) is 7.24. The van der Waals surface area contributed by atoms with Crippen LogP contribution < -0.4 is 10.0 Å². The Hall–Kier alpha value is -2.78. The van der Waals surface area contributed by atoms with Gasteiger partial charge >= 0.3 is 5.97 Å². The molecule has 0 radical (unpaired) electrons. The van der Waals surface area contributed by atoms with E-state index < -0.39 is 34.3 Å². The fourth-order valence-electron chi connectivity index (χ4n) is 2.43.